The van der Waals surface area contributed by atoms with Crippen LogP contribution in [0.25, 0.3) is 11.0 Å². The predicted molar refractivity (Wildman–Crippen MR) is 81.4 cm³/mol. The Balaban J connectivity index is 0.000000637. The number of hydrogen-bond acceptors (Lipinski definition) is 1. The molecular formula is C17H20N2. The zero-order valence-electron chi connectivity index (χ0n) is 11.8. The van der Waals surface area contributed by atoms with Gasteiger partial charge in [0.05, 0.1) is 17.4 Å². The summed E-state index contributed by atoms with van der Waals surface area (Å²) < 4.78 is 2.19. The van der Waals surface area contributed by atoms with Crippen molar-refractivity contribution in [2.45, 2.75) is 27.3 Å². The van der Waals surface area contributed by atoms with Crippen LogP contribution >= 0.6 is 0 Å². The molecule has 2 heteroatoms. The molecule has 3 aromatic rings. The number of hydrogen-bond donors (Lipinski definition) is 0. The van der Waals surface area contributed by atoms with Crippen molar-refractivity contribution >= 4 is 11.0 Å². The number of aryl methyl sites for hydroxylation is 1. The lowest BCUT2D eigenvalue weighted by Gasteiger charge is -2.04. The minimum absolute atomic E-state index is 0.876. The largest absolute Gasteiger partial charge is 0.326 e. The molecule has 2 nitrogen and oxygen atoms in total. The van der Waals surface area contributed by atoms with Crippen LogP contribution in [0.3, 0.4) is 0 Å². The highest BCUT2D eigenvalue weighted by molar-refractivity contribution is 5.76. The van der Waals surface area contributed by atoms with Crippen LogP contribution in [0.2, 0.25) is 0 Å². The molecule has 0 aliphatic heterocycles. The summed E-state index contributed by atoms with van der Waals surface area (Å²) in [5, 5.41) is 0. The highest BCUT2D eigenvalue weighted by Gasteiger charge is 2.02. The molecule has 0 unspecified atom stereocenters. The fraction of sp³-hybridized carbons (Fsp3) is 0.235. The van der Waals surface area contributed by atoms with E-state index in [1.54, 1.807) is 0 Å². The van der Waals surface area contributed by atoms with E-state index in [-0.39, 0.29) is 0 Å². The maximum atomic E-state index is 4.42. The van der Waals surface area contributed by atoms with E-state index in [0.717, 1.165) is 12.1 Å². The maximum absolute atomic E-state index is 4.42. The molecule has 2 aromatic carbocycles. The van der Waals surface area contributed by atoms with Crippen molar-refractivity contribution in [3.63, 3.8) is 0 Å². The molecular weight excluding hydrogens is 232 g/mol. The molecule has 3 rings (SSSR count). The van der Waals surface area contributed by atoms with Gasteiger partial charge in [-0.25, -0.2) is 4.98 Å². The van der Waals surface area contributed by atoms with Gasteiger partial charge in [-0.2, -0.15) is 0 Å². The van der Waals surface area contributed by atoms with E-state index < -0.39 is 0 Å². The Morgan fingerprint density at radius 2 is 1.74 bits per heavy atom. The smallest absolute Gasteiger partial charge is 0.0961 e. The van der Waals surface area contributed by atoms with Crippen LogP contribution in [0.5, 0.6) is 0 Å². The normalized spacial score (nSPS) is 10.1. The second kappa shape index (κ2) is 6.19. The van der Waals surface area contributed by atoms with Crippen LogP contribution in [0, 0.1) is 6.92 Å². The van der Waals surface area contributed by atoms with E-state index in [9.17, 15) is 0 Å². The number of aromatic nitrogens is 2. The molecule has 0 N–H and O–H groups in total. The van der Waals surface area contributed by atoms with Crippen molar-refractivity contribution in [2.24, 2.45) is 0 Å². The molecule has 98 valence electrons. The molecule has 0 spiro atoms. The van der Waals surface area contributed by atoms with E-state index in [1.807, 2.05) is 26.2 Å². The maximum Gasteiger partial charge on any atom is 0.0961 e. The minimum atomic E-state index is 0.876. The first-order valence-electron chi connectivity index (χ1n) is 6.78. The first-order chi connectivity index (χ1) is 9.33. The molecule has 0 aliphatic rings. The van der Waals surface area contributed by atoms with Crippen molar-refractivity contribution in [1.29, 1.82) is 0 Å². The van der Waals surface area contributed by atoms with Crippen molar-refractivity contribution < 1.29 is 0 Å². The van der Waals surface area contributed by atoms with Crippen LogP contribution in [-0.4, -0.2) is 9.55 Å². The standard InChI is InChI=1S/C15H14N2.C2H6/c1-12-7-8-14-15(9-12)17(11-16-14)10-13-5-3-2-4-6-13;1-2/h2-9,11H,10H2,1H3;1-2H3. The van der Waals surface area contributed by atoms with E-state index in [4.69, 9.17) is 0 Å². The second-order valence-electron chi connectivity index (χ2n) is 4.35. The third-order valence-corrected chi connectivity index (χ3v) is 2.97. The van der Waals surface area contributed by atoms with Gasteiger partial charge in [0, 0.05) is 6.54 Å². The average molecular weight is 252 g/mol. The summed E-state index contributed by atoms with van der Waals surface area (Å²) in [5.41, 5.74) is 4.83. The Morgan fingerprint density at radius 1 is 1.00 bits per heavy atom. The summed E-state index contributed by atoms with van der Waals surface area (Å²) in [7, 11) is 0. The Bertz CT molecular complexity index is 639. The molecule has 0 aliphatic carbocycles. The summed E-state index contributed by atoms with van der Waals surface area (Å²) in [6, 6.07) is 16.8. The molecule has 0 bridgehead atoms. The lowest BCUT2D eigenvalue weighted by atomic mass is 10.2. The molecule has 0 fully saturated rings. The number of rotatable bonds is 2. The van der Waals surface area contributed by atoms with Gasteiger partial charge in [-0.15, -0.1) is 0 Å². The van der Waals surface area contributed by atoms with Crippen LogP contribution in [0.15, 0.2) is 54.9 Å². The fourth-order valence-electron chi connectivity index (χ4n) is 2.07. The van der Waals surface area contributed by atoms with Crippen molar-refractivity contribution in [2.75, 3.05) is 0 Å². The van der Waals surface area contributed by atoms with E-state index >= 15 is 0 Å². The number of benzene rings is 2. The lowest BCUT2D eigenvalue weighted by molar-refractivity contribution is 0.824. The van der Waals surface area contributed by atoms with Gasteiger partial charge >= 0.3 is 0 Å². The first-order valence-corrected chi connectivity index (χ1v) is 6.78. The topological polar surface area (TPSA) is 17.8 Å². The zero-order chi connectivity index (χ0) is 13.7. The van der Waals surface area contributed by atoms with Crippen LogP contribution in [0.1, 0.15) is 25.0 Å². The van der Waals surface area contributed by atoms with Gasteiger partial charge < -0.3 is 4.57 Å². The van der Waals surface area contributed by atoms with Gasteiger partial charge in [0.25, 0.3) is 0 Å². The Hall–Kier alpha value is -2.09. The van der Waals surface area contributed by atoms with Gasteiger partial charge in [0.2, 0.25) is 0 Å². The van der Waals surface area contributed by atoms with Crippen molar-refractivity contribution in [3.8, 4) is 0 Å². The second-order valence-corrected chi connectivity index (χ2v) is 4.35. The van der Waals surface area contributed by atoms with E-state index in [0.29, 0.717) is 0 Å². The lowest BCUT2D eigenvalue weighted by Crippen LogP contribution is -1.97. The van der Waals surface area contributed by atoms with Gasteiger partial charge in [-0.3, -0.25) is 0 Å². The molecule has 0 amide bonds. The van der Waals surface area contributed by atoms with Crippen LogP contribution in [0.4, 0.5) is 0 Å². The molecule has 0 radical (unpaired) electrons. The van der Waals surface area contributed by atoms with E-state index in [1.165, 1.54) is 16.6 Å². The van der Waals surface area contributed by atoms with Gasteiger partial charge in [0.15, 0.2) is 0 Å². The summed E-state index contributed by atoms with van der Waals surface area (Å²) in [6.45, 7) is 6.99. The SMILES string of the molecule is CC.Cc1ccc2ncn(Cc3ccccc3)c2c1. The Morgan fingerprint density at radius 3 is 2.47 bits per heavy atom. The van der Waals surface area contributed by atoms with Gasteiger partial charge in [-0.1, -0.05) is 50.2 Å². The highest BCUT2D eigenvalue weighted by atomic mass is 15.0. The summed E-state index contributed by atoms with van der Waals surface area (Å²) in [5.74, 6) is 0. The quantitative estimate of drug-likeness (QED) is 0.660. The molecule has 0 saturated carbocycles. The number of imidazole rings is 1. The molecule has 1 heterocycles. The Labute approximate surface area is 114 Å². The fourth-order valence-corrected chi connectivity index (χ4v) is 2.07. The summed E-state index contributed by atoms with van der Waals surface area (Å²) in [6.07, 6.45) is 1.91. The third-order valence-electron chi connectivity index (χ3n) is 2.97. The molecule has 0 atom stereocenters. The molecule has 1 aromatic heterocycles. The van der Waals surface area contributed by atoms with Crippen molar-refractivity contribution in [3.05, 3.63) is 66.0 Å². The highest BCUT2D eigenvalue weighted by Crippen LogP contribution is 2.16. The molecule has 19 heavy (non-hydrogen) atoms. The van der Waals surface area contributed by atoms with Gasteiger partial charge in [0.1, 0.15) is 0 Å². The number of fused-ring (bicyclic) bond motifs is 1. The van der Waals surface area contributed by atoms with Crippen LogP contribution in [-0.2, 0) is 6.54 Å². The summed E-state index contributed by atoms with van der Waals surface area (Å²) in [4.78, 5) is 4.42. The molecule has 0 saturated heterocycles. The van der Waals surface area contributed by atoms with E-state index in [2.05, 4.69) is 58.9 Å². The zero-order valence-corrected chi connectivity index (χ0v) is 11.8. The van der Waals surface area contributed by atoms with Crippen LogP contribution < -0.4 is 0 Å². The average Bonchev–Trinajstić information content (AvgIpc) is 2.85. The predicted octanol–water partition coefficient (Wildman–Crippen LogP) is 4.42. The first kappa shape index (κ1) is 13.3. The number of nitrogens with zero attached hydrogens (tertiary/aromatic N) is 2. The Kier molecular flexibility index (Phi) is 4.35. The minimum Gasteiger partial charge on any atom is -0.326 e. The monoisotopic (exact) mass is 252 g/mol. The van der Waals surface area contributed by atoms with Gasteiger partial charge in [-0.05, 0) is 30.2 Å². The summed E-state index contributed by atoms with van der Waals surface area (Å²) >= 11 is 0. The third kappa shape index (κ3) is 3.02. The van der Waals surface area contributed by atoms with Crippen molar-refractivity contribution in [1.82, 2.24) is 9.55 Å².